The molecule has 2 heterocycles. The smallest absolute Gasteiger partial charge is 0.226 e. The number of halogens is 3. The average Bonchev–Trinajstić information content (AvgIpc) is 3.03. The van der Waals surface area contributed by atoms with Crippen LogP contribution in [0, 0.1) is 5.82 Å². The molecule has 1 N–H and O–H groups in total. The molecule has 4 rings (SSSR count). The monoisotopic (exact) mass is 360 g/mol. The van der Waals surface area contributed by atoms with Crippen molar-refractivity contribution < 1.29 is 4.39 Å². The third-order valence-corrected chi connectivity index (χ3v) is 4.42. The molecule has 1 aliphatic rings. The average molecular weight is 361 g/mol. The molecule has 1 aromatic heterocycles. The van der Waals surface area contributed by atoms with E-state index >= 15 is 0 Å². The molecule has 7 heteroatoms. The van der Waals surface area contributed by atoms with Gasteiger partial charge in [0, 0.05) is 15.7 Å². The van der Waals surface area contributed by atoms with Gasteiger partial charge in [0.15, 0.2) is 0 Å². The molecule has 0 saturated carbocycles. The van der Waals surface area contributed by atoms with Crippen molar-refractivity contribution >= 4 is 34.8 Å². The first-order chi connectivity index (χ1) is 11.6. The van der Waals surface area contributed by atoms with Crippen LogP contribution >= 0.6 is 23.2 Å². The Bertz CT molecular complexity index is 934. The highest BCUT2D eigenvalue weighted by Crippen LogP contribution is 2.35. The second kappa shape index (κ2) is 5.92. The number of fused-ring (bicyclic) bond motifs is 1. The maximum atomic E-state index is 13.4. The minimum Gasteiger partial charge on any atom is -0.324 e. The maximum absolute atomic E-state index is 13.4. The van der Waals surface area contributed by atoms with Crippen molar-refractivity contribution in [2.24, 2.45) is 0 Å². The van der Waals surface area contributed by atoms with Crippen LogP contribution in [0.1, 0.15) is 17.2 Å². The van der Waals surface area contributed by atoms with E-state index in [0.717, 1.165) is 16.8 Å². The molecule has 3 aromatic rings. The molecule has 0 saturated heterocycles. The van der Waals surface area contributed by atoms with Gasteiger partial charge in [0.25, 0.3) is 0 Å². The van der Waals surface area contributed by atoms with Crippen molar-refractivity contribution in [2.75, 3.05) is 5.32 Å². The quantitative estimate of drug-likeness (QED) is 0.714. The molecule has 0 radical (unpaired) electrons. The Labute approximate surface area is 147 Å². The summed E-state index contributed by atoms with van der Waals surface area (Å²) in [6.45, 7) is 0. The molecule has 0 amide bonds. The van der Waals surface area contributed by atoms with E-state index in [0.29, 0.717) is 16.0 Å². The highest BCUT2D eigenvalue weighted by atomic mass is 35.5. The van der Waals surface area contributed by atoms with Crippen molar-refractivity contribution in [3.63, 3.8) is 0 Å². The van der Waals surface area contributed by atoms with Gasteiger partial charge in [-0.15, -0.1) is 0 Å². The van der Waals surface area contributed by atoms with E-state index in [1.807, 2.05) is 30.3 Å². The first-order valence-electron chi connectivity index (χ1n) is 7.21. The van der Waals surface area contributed by atoms with Crippen molar-refractivity contribution in [1.82, 2.24) is 14.8 Å². The highest BCUT2D eigenvalue weighted by Gasteiger charge is 2.25. The molecular formula is C17H11Cl2FN4. The van der Waals surface area contributed by atoms with Crippen molar-refractivity contribution in [3.8, 4) is 0 Å². The Kier molecular flexibility index (Phi) is 3.75. The van der Waals surface area contributed by atoms with E-state index < -0.39 is 0 Å². The van der Waals surface area contributed by atoms with Crippen LogP contribution < -0.4 is 5.32 Å². The lowest BCUT2D eigenvalue weighted by molar-refractivity contribution is 0.603. The van der Waals surface area contributed by atoms with Crippen LogP contribution in [0.15, 0.2) is 54.9 Å². The fourth-order valence-electron chi connectivity index (χ4n) is 2.69. The third kappa shape index (κ3) is 2.66. The first kappa shape index (κ1) is 15.2. The Morgan fingerprint density at radius 1 is 1.08 bits per heavy atom. The molecule has 120 valence electrons. The third-order valence-electron chi connectivity index (χ3n) is 3.84. The topological polar surface area (TPSA) is 42.7 Å². The molecule has 24 heavy (non-hydrogen) atoms. The van der Waals surface area contributed by atoms with Gasteiger partial charge in [0.05, 0.1) is 0 Å². The molecule has 0 spiro atoms. The molecule has 0 bridgehead atoms. The van der Waals surface area contributed by atoms with Crippen LogP contribution in [0.3, 0.4) is 0 Å². The number of aromatic nitrogens is 3. The zero-order valence-corrected chi connectivity index (χ0v) is 13.8. The SMILES string of the molecule is Fc1ccc(C2C=C(c3ccc(Cl)cc3)Nc3ncnn32)c(Cl)c1. The predicted octanol–water partition coefficient (Wildman–Crippen LogP) is 4.78. The Morgan fingerprint density at radius 3 is 2.62 bits per heavy atom. The molecule has 1 unspecified atom stereocenters. The number of hydrogen-bond donors (Lipinski definition) is 1. The van der Waals surface area contributed by atoms with Crippen molar-refractivity contribution in [2.45, 2.75) is 6.04 Å². The van der Waals surface area contributed by atoms with E-state index in [4.69, 9.17) is 23.2 Å². The minimum absolute atomic E-state index is 0.289. The Balaban J connectivity index is 1.83. The van der Waals surface area contributed by atoms with E-state index in [-0.39, 0.29) is 11.9 Å². The number of hydrogen-bond acceptors (Lipinski definition) is 3. The Morgan fingerprint density at radius 2 is 1.88 bits per heavy atom. The summed E-state index contributed by atoms with van der Waals surface area (Å²) in [6, 6.07) is 11.5. The van der Waals surface area contributed by atoms with Crippen LogP contribution in [0.5, 0.6) is 0 Å². The standard InChI is InChI=1S/C17H11Cl2FN4/c18-11-3-1-10(2-4-11)15-8-16(24-17(23-15)21-9-22-24)13-6-5-12(20)7-14(13)19/h1-9,16H,(H,21,22,23). The lowest BCUT2D eigenvalue weighted by atomic mass is 10.0. The van der Waals surface area contributed by atoms with Crippen molar-refractivity contribution in [1.29, 1.82) is 0 Å². The number of anilines is 1. The molecule has 0 aliphatic carbocycles. The Hall–Kier alpha value is -2.37. The van der Waals surface area contributed by atoms with Crippen LogP contribution in [0.2, 0.25) is 10.0 Å². The summed E-state index contributed by atoms with van der Waals surface area (Å²) < 4.78 is 15.1. The van der Waals surface area contributed by atoms with Gasteiger partial charge >= 0.3 is 0 Å². The fraction of sp³-hybridized carbons (Fsp3) is 0.0588. The lowest BCUT2D eigenvalue weighted by Gasteiger charge is -2.25. The summed E-state index contributed by atoms with van der Waals surface area (Å²) in [4.78, 5) is 4.23. The molecule has 0 fully saturated rings. The molecular weight excluding hydrogens is 350 g/mol. The zero-order chi connectivity index (χ0) is 16.7. The minimum atomic E-state index is -0.376. The van der Waals surface area contributed by atoms with Gasteiger partial charge < -0.3 is 5.32 Å². The van der Waals surface area contributed by atoms with Crippen molar-refractivity contribution in [3.05, 3.63) is 81.9 Å². The van der Waals surface area contributed by atoms with Gasteiger partial charge in [-0.1, -0.05) is 41.4 Å². The van der Waals surface area contributed by atoms with Crippen LogP contribution in [0.4, 0.5) is 10.3 Å². The number of benzene rings is 2. The second-order valence-electron chi connectivity index (χ2n) is 5.35. The zero-order valence-electron chi connectivity index (χ0n) is 12.2. The highest BCUT2D eigenvalue weighted by molar-refractivity contribution is 6.31. The van der Waals surface area contributed by atoms with E-state index in [9.17, 15) is 4.39 Å². The van der Waals surface area contributed by atoms with Gasteiger partial charge in [0.1, 0.15) is 18.2 Å². The summed E-state index contributed by atoms with van der Waals surface area (Å²) in [7, 11) is 0. The van der Waals surface area contributed by atoms with E-state index in [1.165, 1.54) is 18.5 Å². The van der Waals surface area contributed by atoms with Crippen LogP contribution in [-0.4, -0.2) is 14.8 Å². The summed E-state index contributed by atoms with van der Waals surface area (Å²) in [5, 5.41) is 8.48. The van der Waals surface area contributed by atoms with Gasteiger partial charge in [-0.2, -0.15) is 10.1 Å². The first-order valence-corrected chi connectivity index (χ1v) is 7.96. The number of nitrogens with one attached hydrogen (secondary N) is 1. The fourth-order valence-corrected chi connectivity index (χ4v) is 3.10. The number of allylic oxidation sites excluding steroid dienone is 1. The normalized spacial score (nSPS) is 16.3. The molecule has 2 aromatic carbocycles. The summed E-state index contributed by atoms with van der Waals surface area (Å²) in [5.41, 5.74) is 2.56. The lowest BCUT2D eigenvalue weighted by Crippen LogP contribution is -2.20. The predicted molar refractivity (Wildman–Crippen MR) is 92.6 cm³/mol. The summed E-state index contributed by atoms with van der Waals surface area (Å²) in [5.74, 6) is 0.214. The van der Waals surface area contributed by atoms with Gasteiger partial charge in [-0.25, -0.2) is 9.07 Å². The number of nitrogens with zero attached hydrogens (tertiary/aromatic N) is 3. The second-order valence-corrected chi connectivity index (χ2v) is 6.19. The largest absolute Gasteiger partial charge is 0.324 e. The van der Waals surface area contributed by atoms with E-state index in [2.05, 4.69) is 15.4 Å². The summed E-state index contributed by atoms with van der Waals surface area (Å²) in [6.07, 6.45) is 3.44. The van der Waals surface area contributed by atoms with E-state index in [1.54, 1.807) is 10.7 Å². The van der Waals surface area contributed by atoms with Gasteiger partial charge in [0.2, 0.25) is 5.95 Å². The molecule has 1 aliphatic heterocycles. The number of rotatable bonds is 2. The molecule has 4 nitrogen and oxygen atoms in total. The van der Waals surface area contributed by atoms with Gasteiger partial charge in [-0.3, -0.25) is 0 Å². The maximum Gasteiger partial charge on any atom is 0.226 e. The van der Waals surface area contributed by atoms with Crippen LogP contribution in [-0.2, 0) is 0 Å². The molecule has 1 atom stereocenters. The van der Waals surface area contributed by atoms with Gasteiger partial charge in [-0.05, 0) is 41.5 Å². The summed E-state index contributed by atoms with van der Waals surface area (Å²) >= 11 is 12.2. The van der Waals surface area contributed by atoms with Crippen LogP contribution in [0.25, 0.3) is 5.70 Å².